The van der Waals surface area contributed by atoms with Crippen molar-refractivity contribution in [3.05, 3.63) is 71.8 Å². The molecule has 1 rings (SSSR count). The number of hydrogen-bond acceptors (Lipinski definition) is 1. The molecular weight excluding hydrogens is 196 g/mol. The van der Waals surface area contributed by atoms with E-state index in [9.17, 15) is 4.79 Å². The van der Waals surface area contributed by atoms with Crippen LogP contribution in [0, 0.1) is 0 Å². The fraction of sp³-hybridized carbons (Fsp3) is 0.133. The average Bonchev–Trinajstić information content (AvgIpc) is 2.35. The van der Waals surface area contributed by atoms with E-state index in [-0.39, 0.29) is 5.78 Å². The third-order valence-corrected chi connectivity index (χ3v) is 2.18. The Kier molecular flexibility index (Phi) is 5.00. The van der Waals surface area contributed by atoms with Crippen LogP contribution in [0.3, 0.4) is 0 Å². The van der Waals surface area contributed by atoms with Crippen LogP contribution in [0.2, 0.25) is 0 Å². The Labute approximate surface area is 96.8 Å². The minimum absolute atomic E-state index is 0.0319. The summed E-state index contributed by atoms with van der Waals surface area (Å²) < 4.78 is 0. The maximum Gasteiger partial charge on any atom is 0.185 e. The lowest BCUT2D eigenvalue weighted by Gasteiger charge is -1.94. The first kappa shape index (κ1) is 12.2. The molecule has 0 aliphatic rings. The van der Waals surface area contributed by atoms with Gasteiger partial charge in [0.15, 0.2) is 5.78 Å². The molecule has 1 heteroatoms. The largest absolute Gasteiger partial charge is 0.289 e. The van der Waals surface area contributed by atoms with Gasteiger partial charge < -0.3 is 0 Å². The molecule has 0 N–H and O–H groups in total. The average molecular weight is 212 g/mol. The quantitative estimate of drug-likeness (QED) is 0.419. The van der Waals surface area contributed by atoms with Crippen molar-refractivity contribution in [2.24, 2.45) is 0 Å². The highest BCUT2D eigenvalue weighted by molar-refractivity contribution is 6.04. The van der Waals surface area contributed by atoms with Crippen LogP contribution in [-0.2, 0) is 0 Å². The molecule has 0 spiro atoms. The summed E-state index contributed by atoms with van der Waals surface area (Å²) in [5.74, 6) is 0.0319. The number of benzene rings is 1. The number of allylic oxidation sites excluding steroid dienone is 6. The number of carbonyl (C=O) groups excluding carboxylic acids is 1. The van der Waals surface area contributed by atoms with Gasteiger partial charge in [0.25, 0.3) is 0 Å². The first-order valence-electron chi connectivity index (χ1n) is 5.34. The molecule has 0 saturated carbocycles. The van der Waals surface area contributed by atoms with Crippen molar-refractivity contribution in [3.8, 4) is 0 Å². The van der Waals surface area contributed by atoms with E-state index in [1.54, 1.807) is 6.08 Å². The molecule has 0 amide bonds. The zero-order chi connectivity index (χ0) is 11.8. The summed E-state index contributed by atoms with van der Waals surface area (Å²) in [6.45, 7) is 3.91. The van der Waals surface area contributed by atoms with Crippen molar-refractivity contribution in [1.29, 1.82) is 0 Å². The van der Waals surface area contributed by atoms with Gasteiger partial charge in [-0.05, 0) is 25.5 Å². The summed E-state index contributed by atoms with van der Waals surface area (Å²) >= 11 is 0. The Morgan fingerprint density at radius 3 is 2.25 bits per heavy atom. The van der Waals surface area contributed by atoms with E-state index >= 15 is 0 Å². The fourth-order valence-corrected chi connectivity index (χ4v) is 1.31. The van der Waals surface area contributed by atoms with E-state index in [2.05, 4.69) is 0 Å². The molecule has 16 heavy (non-hydrogen) atoms. The molecule has 1 aromatic rings. The lowest BCUT2D eigenvalue weighted by Crippen LogP contribution is -1.92. The van der Waals surface area contributed by atoms with Gasteiger partial charge in [-0.25, -0.2) is 0 Å². The van der Waals surface area contributed by atoms with E-state index < -0.39 is 0 Å². The van der Waals surface area contributed by atoms with Crippen LogP contribution < -0.4 is 0 Å². The molecule has 0 fully saturated rings. The van der Waals surface area contributed by atoms with Crippen molar-refractivity contribution in [3.63, 3.8) is 0 Å². The lowest BCUT2D eigenvalue weighted by molar-refractivity contribution is 0.104. The topological polar surface area (TPSA) is 17.1 Å². The number of hydrogen-bond donors (Lipinski definition) is 0. The van der Waals surface area contributed by atoms with Gasteiger partial charge in [-0.15, -0.1) is 0 Å². The monoisotopic (exact) mass is 212 g/mol. The van der Waals surface area contributed by atoms with Crippen LogP contribution in [0.1, 0.15) is 24.2 Å². The molecular formula is C15H16O. The second kappa shape index (κ2) is 6.57. The van der Waals surface area contributed by atoms with Crippen molar-refractivity contribution in [1.82, 2.24) is 0 Å². The molecule has 0 bridgehead atoms. The first-order chi connectivity index (χ1) is 7.77. The van der Waals surface area contributed by atoms with Crippen LogP contribution in [0.25, 0.3) is 0 Å². The van der Waals surface area contributed by atoms with E-state index in [1.165, 1.54) is 0 Å². The molecule has 0 aliphatic heterocycles. The molecule has 0 heterocycles. The summed E-state index contributed by atoms with van der Waals surface area (Å²) in [7, 11) is 0. The SMILES string of the molecule is C\C=C/C(/C=C/C(=O)c1ccccc1)=C\C. The third-order valence-electron chi connectivity index (χ3n) is 2.18. The molecule has 0 aromatic heterocycles. The van der Waals surface area contributed by atoms with Crippen molar-refractivity contribution < 1.29 is 4.79 Å². The molecule has 0 atom stereocenters. The van der Waals surface area contributed by atoms with Gasteiger partial charge in [-0.3, -0.25) is 4.79 Å². The minimum Gasteiger partial charge on any atom is -0.289 e. The number of ketones is 1. The molecule has 0 radical (unpaired) electrons. The van der Waals surface area contributed by atoms with Gasteiger partial charge in [-0.2, -0.15) is 0 Å². The lowest BCUT2D eigenvalue weighted by atomic mass is 10.1. The van der Waals surface area contributed by atoms with Crippen LogP contribution in [0.5, 0.6) is 0 Å². The predicted molar refractivity (Wildman–Crippen MR) is 68.5 cm³/mol. The summed E-state index contributed by atoms with van der Waals surface area (Å²) in [5.41, 5.74) is 1.75. The zero-order valence-electron chi connectivity index (χ0n) is 9.68. The van der Waals surface area contributed by atoms with Crippen molar-refractivity contribution >= 4 is 5.78 Å². The highest BCUT2D eigenvalue weighted by atomic mass is 16.1. The zero-order valence-corrected chi connectivity index (χ0v) is 9.68. The Balaban J connectivity index is 2.75. The normalized spacial score (nSPS) is 12.5. The van der Waals surface area contributed by atoms with Crippen molar-refractivity contribution in [2.45, 2.75) is 13.8 Å². The Morgan fingerprint density at radius 2 is 1.69 bits per heavy atom. The second-order valence-corrected chi connectivity index (χ2v) is 3.35. The van der Waals surface area contributed by atoms with Crippen molar-refractivity contribution in [2.75, 3.05) is 0 Å². The second-order valence-electron chi connectivity index (χ2n) is 3.35. The molecule has 0 aliphatic carbocycles. The van der Waals surface area contributed by atoms with Crippen LogP contribution in [0.15, 0.2) is 66.3 Å². The summed E-state index contributed by atoms with van der Waals surface area (Å²) in [4.78, 5) is 11.7. The highest BCUT2D eigenvalue weighted by Gasteiger charge is 1.98. The molecule has 1 nitrogen and oxygen atoms in total. The van der Waals surface area contributed by atoms with Gasteiger partial charge in [0.1, 0.15) is 0 Å². The molecule has 1 aromatic carbocycles. The van der Waals surface area contributed by atoms with Crippen LogP contribution >= 0.6 is 0 Å². The molecule has 0 saturated heterocycles. The van der Waals surface area contributed by atoms with E-state index in [0.717, 1.165) is 11.1 Å². The molecule has 0 unspecified atom stereocenters. The predicted octanol–water partition coefficient (Wildman–Crippen LogP) is 3.95. The number of rotatable bonds is 4. The third kappa shape index (κ3) is 3.70. The summed E-state index contributed by atoms with van der Waals surface area (Å²) in [5, 5.41) is 0. The standard InChI is InChI=1S/C15H16O/c1-3-8-13(4-2)11-12-15(16)14-9-6-5-7-10-14/h3-12H,1-2H3/b8-3-,12-11+,13-4+. The van der Waals surface area contributed by atoms with E-state index in [0.29, 0.717) is 0 Å². The smallest absolute Gasteiger partial charge is 0.185 e. The maximum absolute atomic E-state index is 11.7. The van der Waals surface area contributed by atoms with Crippen LogP contribution in [0.4, 0.5) is 0 Å². The van der Waals surface area contributed by atoms with E-state index in [4.69, 9.17) is 0 Å². The molecule has 82 valence electrons. The first-order valence-corrected chi connectivity index (χ1v) is 5.34. The highest BCUT2D eigenvalue weighted by Crippen LogP contribution is 2.04. The number of carbonyl (C=O) groups is 1. The summed E-state index contributed by atoms with van der Waals surface area (Å²) in [6.07, 6.45) is 9.32. The Hall–Kier alpha value is -1.89. The Bertz CT molecular complexity index is 422. The van der Waals surface area contributed by atoms with Gasteiger partial charge >= 0.3 is 0 Å². The van der Waals surface area contributed by atoms with E-state index in [1.807, 2.05) is 68.5 Å². The van der Waals surface area contributed by atoms with Gasteiger partial charge in [0, 0.05) is 5.56 Å². The van der Waals surface area contributed by atoms with Gasteiger partial charge in [0.05, 0.1) is 0 Å². The maximum atomic E-state index is 11.7. The van der Waals surface area contributed by atoms with Gasteiger partial charge in [0.2, 0.25) is 0 Å². The summed E-state index contributed by atoms with van der Waals surface area (Å²) in [6, 6.07) is 9.26. The Morgan fingerprint density at radius 1 is 1.00 bits per heavy atom. The van der Waals surface area contributed by atoms with Crippen LogP contribution in [-0.4, -0.2) is 5.78 Å². The van der Waals surface area contributed by atoms with Gasteiger partial charge in [-0.1, -0.05) is 54.6 Å². The minimum atomic E-state index is 0.0319. The fourth-order valence-electron chi connectivity index (χ4n) is 1.31.